The van der Waals surface area contributed by atoms with Gasteiger partial charge in [0.05, 0.1) is 0 Å². The molecule has 11 heavy (non-hydrogen) atoms. The van der Waals surface area contributed by atoms with Gasteiger partial charge in [0.15, 0.2) is 0 Å². The van der Waals surface area contributed by atoms with E-state index in [4.69, 9.17) is 0 Å². The first-order valence-electron chi connectivity index (χ1n) is 4.18. The summed E-state index contributed by atoms with van der Waals surface area (Å²) in [7, 11) is 1.87. The Kier molecular flexibility index (Phi) is 3.66. The van der Waals surface area contributed by atoms with Crippen LogP contribution < -0.4 is 5.32 Å². The second kappa shape index (κ2) is 4.31. The van der Waals surface area contributed by atoms with E-state index >= 15 is 0 Å². The Labute approximate surface area is 72.1 Å². The fraction of sp³-hybridized carbons (Fsp3) is 1.00. The van der Waals surface area contributed by atoms with Gasteiger partial charge in [-0.1, -0.05) is 0 Å². The maximum absolute atomic E-state index is 13.7. The zero-order valence-corrected chi connectivity index (χ0v) is 7.85. The smallest absolute Gasteiger partial charge is 0.121 e. The predicted molar refractivity (Wildman–Crippen MR) is 48.9 cm³/mol. The lowest BCUT2D eigenvalue weighted by atomic mass is 9.98. The average Bonchev–Trinajstić information content (AvgIpc) is 2.03. The largest absolute Gasteiger partial charge is 0.320 e. The lowest BCUT2D eigenvalue weighted by Gasteiger charge is -2.28. The molecule has 66 valence electrons. The Balaban J connectivity index is 2.25. The monoisotopic (exact) mass is 177 g/mol. The van der Waals surface area contributed by atoms with Crippen LogP contribution in [0.25, 0.3) is 0 Å². The van der Waals surface area contributed by atoms with E-state index < -0.39 is 5.67 Å². The Bertz CT molecular complexity index is 113. The van der Waals surface area contributed by atoms with Gasteiger partial charge in [-0.15, -0.1) is 0 Å². The van der Waals surface area contributed by atoms with Crippen LogP contribution in [0, 0.1) is 0 Å². The van der Waals surface area contributed by atoms with Crippen molar-refractivity contribution >= 4 is 11.8 Å². The number of rotatable bonds is 3. The van der Waals surface area contributed by atoms with Crippen molar-refractivity contribution in [2.45, 2.75) is 24.9 Å². The third-order valence-electron chi connectivity index (χ3n) is 2.10. The van der Waals surface area contributed by atoms with E-state index in [1.54, 1.807) is 11.8 Å². The lowest BCUT2D eigenvalue weighted by Crippen LogP contribution is -2.33. The van der Waals surface area contributed by atoms with Gasteiger partial charge in [0.25, 0.3) is 0 Å². The minimum Gasteiger partial charge on any atom is -0.320 e. The molecule has 0 spiro atoms. The summed E-state index contributed by atoms with van der Waals surface area (Å²) in [6.07, 6.45) is 2.49. The Hall–Kier alpha value is 0.240. The van der Waals surface area contributed by atoms with Crippen molar-refractivity contribution in [1.29, 1.82) is 0 Å². The van der Waals surface area contributed by atoms with Gasteiger partial charge in [-0.3, -0.25) is 0 Å². The highest BCUT2D eigenvalue weighted by atomic mass is 32.2. The summed E-state index contributed by atoms with van der Waals surface area (Å²) in [6.45, 7) is 0.803. The van der Waals surface area contributed by atoms with Crippen molar-refractivity contribution in [2.24, 2.45) is 0 Å². The van der Waals surface area contributed by atoms with E-state index in [1.807, 2.05) is 7.05 Å². The number of alkyl halides is 1. The molecule has 0 aromatic heterocycles. The molecule has 1 aliphatic heterocycles. The van der Waals surface area contributed by atoms with Crippen LogP contribution in [0.5, 0.6) is 0 Å². The van der Waals surface area contributed by atoms with E-state index in [0.717, 1.165) is 25.1 Å². The van der Waals surface area contributed by atoms with E-state index in [-0.39, 0.29) is 0 Å². The van der Waals surface area contributed by atoms with Gasteiger partial charge < -0.3 is 5.32 Å². The second-order valence-corrected chi connectivity index (χ2v) is 4.27. The third-order valence-corrected chi connectivity index (χ3v) is 3.40. The predicted octanol–water partition coefficient (Wildman–Crippen LogP) is 1.83. The van der Waals surface area contributed by atoms with Crippen LogP contribution >= 0.6 is 11.8 Å². The molecule has 3 heteroatoms. The van der Waals surface area contributed by atoms with Crippen LogP contribution in [0.3, 0.4) is 0 Å². The maximum atomic E-state index is 13.7. The van der Waals surface area contributed by atoms with Gasteiger partial charge in [0, 0.05) is 5.75 Å². The Morgan fingerprint density at radius 3 is 3.00 bits per heavy atom. The second-order valence-electron chi connectivity index (χ2n) is 3.16. The van der Waals surface area contributed by atoms with E-state index in [0.29, 0.717) is 12.2 Å². The summed E-state index contributed by atoms with van der Waals surface area (Å²) in [5.41, 5.74) is -0.869. The molecule has 1 atom stereocenters. The molecular weight excluding hydrogens is 161 g/mol. The first-order chi connectivity index (χ1) is 5.27. The standard InChI is InChI=1S/C8H16FNS/c1-10-5-4-8(9)3-2-6-11-7-8/h10H,2-7H2,1H3. The number of nitrogens with one attached hydrogen (secondary N) is 1. The molecule has 1 rings (SSSR count). The molecule has 1 N–H and O–H groups in total. The van der Waals surface area contributed by atoms with Crippen LogP contribution in [0.4, 0.5) is 4.39 Å². The molecule has 1 nitrogen and oxygen atoms in total. The van der Waals surface area contributed by atoms with Crippen LogP contribution in [-0.2, 0) is 0 Å². The topological polar surface area (TPSA) is 12.0 Å². The van der Waals surface area contributed by atoms with Crippen molar-refractivity contribution in [3.63, 3.8) is 0 Å². The molecule has 0 radical (unpaired) electrons. The van der Waals surface area contributed by atoms with Crippen molar-refractivity contribution in [3.8, 4) is 0 Å². The van der Waals surface area contributed by atoms with Crippen LogP contribution in [0.2, 0.25) is 0 Å². The zero-order chi connectivity index (χ0) is 8.16. The molecular formula is C8H16FNS. The van der Waals surface area contributed by atoms with E-state index in [1.165, 1.54) is 0 Å². The first kappa shape index (κ1) is 9.33. The summed E-state index contributed by atoms with van der Waals surface area (Å²) in [5.74, 6) is 1.85. The van der Waals surface area contributed by atoms with Crippen molar-refractivity contribution in [1.82, 2.24) is 5.32 Å². The fourth-order valence-electron chi connectivity index (χ4n) is 1.36. The van der Waals surface area contributed by atoms with Crippen LogP contribution in [0.1, 0.15) is 19.3 Å². The fourth-order valence-corrected chi connectivity index (χ4v) is 2.51. The highest BCUT2D eigenvalue weighted by molar-refractivity contribution is 7.99. The molecule has 0 aromatic carbocycles. The van der Waals surface area contributed by atoms with Crippen LogP contribution in [0.15, 0.2) is 0 Å². The molecule has 1 unspecified atom stereocenters. The summed E-state index contributed by atoms with van der Waals surface area (Å²) < 4.78 is 13.7. The van der Waals surface area contributed by atoms with Gasteiger partial charge in [0.2, 0.25) is 0 Å². The number of halogens is 1. The lowest BCUT2D eigenvalue weighted by molar-refractivity contribution is 0.162. The zero-order valence-electron chi connectivity index (χ0n) is 7.03. The Morgan fingerprint density at radius 1 is 1.64 bits per heavy atom. The summed E-state index contributed by atoms with van der Waals surface area (Å²) >= 11 is 1.75. The minimum atomic E-state index is -0.869. The van der Waals surface area contributed by atoms with Gasteiger partial charge in [0.1, 0.15) is 5.67 Å². The molecule has 0 bridgehead atoms. The molecule has 0 saturated carbocycles. The number of hydrogen-bond donors (Lipinski definition) is 1. The van der Waals surface area contributed by atoms with Gasteiger partial charge >= 0.3 is 0 Å². The molecule has 0 aliphatic carbocycles. The quantitative estimate of drug-likeness (QED) is 0.706. The Morgan fingerprint density at radius 2 is 2.45 bits per heavy atom. The SMILES string of the molecule is CNCCC1(F)CCCSC1. The highest BCUT2D eigenvalue weighted by Crippen LogP contribution is 2.32. The average molecular weight is 177 g/mol. The molecule has 1 heterocycles. The van der Waals surface area contributed by atoms with E-state index in [9.17, 15) is 4.39 Å². The molecule has 0 aromatic rings. The van der Waals surface area contributed by atoms with Crippen molar-refractivity contribution in [2.75, 3.05) is 25.1 Å². The molecule has 1 aliphatic rings. The van der Waals surface area contributed by atoms with Gasteiger partial charge in [-0.05, 0) is 38.6 Å². The normalized spacial score (nSPS) is 32.2. The summed E-state index contributed by atoms with van der Waals surface area (Å²) in [5, 5.41) is 2.99. The summed E-state index contributed by atoms with van der Waals surface area (Å²) in [4.78, 5) is 0. The number of hydrogen-bond acceptors (Lipinski definition) is 2. The van der Waals surface area contributed by atoms with E-state index in [2.05, 4.69) is 5.32 Å². The highest BCUT2D eigenvalue weighted by Gasteiger charge is 2.30. The first-order valence-corrected chi connectivity index (χ1v) is 5.34. The van der Waals surface area contributed by atoms with Gasteiger partial charge in [-0.2, -0.15) is 11.8 Å². The summed E-state index contributed by atoms with van der Waals surface area (Å²) in [6, 6.07) is 0. The van der Waals surface area contributed by atoms with Gasteiger partial charge in [-0.25, -0.2) is 4.39 Å². The third kappa shape index (κ3) is 2.99. The molecule has 1 saturated heterocycles. The van der Waals surface area contributed by atoms with Crippen LogP contribution in [-0.4, -0.2) is 30.8 Å². The minimum absolute atomic E-state index is 0.677. The maximum Gasteiger partial charge on any atom is 0.121 e. The molecule has 0 amide bonds. The van der Waals surface area contributed by atoms with Crippen molar-refractivity contribution < 1.29 is 4.39 Å². The van der Waals surface area contributed by atoms with Crippen molar-refractivity contribution in [3.05, 3.63) is 0 Å². The number of thioether (sulfide) groups is 1. The molecule has 1 fully saturated rings.